The zero-order valence-corrected chi connectivity index (χ0v) is 8.83. The molecular weight excluding hydrogens is 208 g/mol. The van der Waals surface area contributed by atoms with Gasteiger partial charge < -0.3 is 0 Å². The third kappa shape index (κ3) is 3.98. The molecule has 0 bridgehead atoms. The number of nitrogens with zero attached hydrogens (tertiary/aromatic N) is 1. The van der Waals surface area contributed by atoms with Gasteiger partial charge in [0, 0.05) is 11.8 Å². The minimum atomic E-state index is -3.36. The van der Waals surface area contributed by atoms with E-state index >= 15 is 0 Å². The highest BCUT2D eigenvalue weighted by Gasteiger charge is 2.19. The van der Waals surface area contributed by atoms with E-state index in [1.807, 2.05) is 0 Å². The summed E-state index contributed by atoms with van der Waals surface area (Å²) in [4.78, 5) is 0. The van der Waals surface area contributed by atoms with Gasteiger partial charge in [-0.3, -0.25) is 0 Å². The standard InChI is InChI=1S/C7H12N2O2S2/c8-3-5-13(10,11)9-7-2-1-4-12-6-7/h7,9H,1-2,4-6H2. The molecule has 1 aliphatic rings. The zero-order valence-electron chi connectivity index (χ0n) is 7.19. The SMILES string of the molecule is N#CCS(=O)(=O)NC1CCCSC1. The zero-order chi connectivity index (χ0) is 9.73. The van der Waals surface area contributed by atoms with Gasteiger partial charge in [-0.2, -0.15) is 17.0 Å². The summed E-state index contributed by atoms with van der Waals surface area (Å²) in [5.41, 5.74) is 0. The molecule has 0 amide bonds. The Morgan fingerprint density at radius 3 is 2.92 bits per heavy atom. The maximum atomic E-state index is 11.2. The number of nitriles is 1. The monoisotopic (exact) mass is 220 g/mol. The fourth-order valence-corrected chi connectivity index (χ4v) is 3.35. The van der Waals surface area contributed by atoms with Crippen molar-refractivity contribution in [2.24, 2.45) is 0 Å². The summed E-state index contributed by atoms with van der Waals surface area (Å²) in [6, 6.07) is 1.67. The van der Waals surface area contributed by atoms with Gasteiger partial charge in [-0.05, 0) is 18.6 Å². The molecule has 0 aliphatic carbocycles. The highest BCUT2D eigenvalue weighted by Crippen LogP contribution is 2.17. The second-order valence-electron chi connectivity index (χ2n) is 2.95. The Morgan fingerprint density at radius 1 is 1.62 bits per heavy atom. The summed E-state index contributed by atoms with van der Waals surface area (Å²) in [5, 5.41) is 8.26. The molecule has 0 aromatic carbocycles. The Balaban J connectivity index is 2.43. The van der Waals surface area contributed by atoms with Gasteiger partial charge in [-0.25, -0.2) is 13.1 Å². The number of hydrogen-bond donors (Lipinski definition) is 1. The van der Waals surface area contributed by atoms with E-state index in [4.69, 9.17) is 5.26 Å². The summed E-state index contributed by atoms with van der Waals surface area (Å²) in [7, 11) is -3.36. The van der Waals surface area contributed by atoms with Gasteiger partial charge in [0.25, 0.3) is 0 Å². The normalized spacial score (nSPS) is 23.8. The van der Waals surface area contributed by atoms with Gasteiger partial charge in [0.2, 0.25) is 10.0 Å². The quantitative estimate of drug-likeness (QED) is 0.744. The largest absolute Gasteiger partial charge is 0.225 e. The molecule has 1 atom stereocenters. The number of nitrogens with one attached hydrogen (secondary N) is 1. The number of sulfonamides is 1. The topological polar surface area (TPSA) is 70.0 Å². The molecule has 74 valence electrons. The second-order valence-corrected chi connectivity index (χ2v) is 5.85. The van der Waals surface area contributed by atoms with Crippen LogP contribution in [0.5, 0.6) is 0 Å². The maximum absolute atomic E-state index is 11.2. The van der Waals surface area contributed by atoms with Crippen molar-refractivity contribution in [3.63, 3.8) is 0 Å². The van der Waals surface area contributed by atoms with Gasteiger partial charge in [0.1, 0.15) is 0 Å². The van der Waals surface area contributed by atoms with Crippen LogP contribution in [0.4, 0.5) is 0 Å². The summed E-state index contributed by atoms with van der Waals surface area (Å²) < 4.78 is 24.8. The Labute approximate surface area is 82.7 Å². The van der Waals surface area contributed by atoms with Crippen LogP contribution < -0.4 is 4.72 Å². The summed E-state index contributed by atoms with van der Waals surface area (Å²) >= 11 is 1.75. The molecule has 4 nitrogen and oxygen atoms in total. The van der Waals surface area contributed by atoms with E-state index in [0.29, 0.717) is 0 Å². The molecule has 0 aromatic rings. The third-order valence-corrected chi connectivity index (χ3v) is 4.18. The first-order chi connectivity index (χ1) is 6.14. The summed E-state index contributed by atoms with van der Waals surface area (Å²) in [6.45, 7) is 0. The molecule has 1 N–H and O–H groups in total. The minimum absolute atomic E-state index is 0.0251. The van der Waals surface area contributed by atoms with Crippen LogP contribution in [0.2, 0.25) is 0 Å². The molecule has 1 rings (SSSR count). The first kappa shape index (κ1) is 10.8. The van der Waals surface area contributed by atoms with E-state index in [9.17, 15) is 8.42 Å². The number of hydrogen-bond acceptors (Lipinski definition) is 4. The van der Waals surface area contributed by atoms with Gasteiger partial charge in [0.15, 0.2) is 5.75 Å². The first-order valence-corrected chi connectivity index (χ1v) is 6.89. The lowest BCUT2D eigenvalue weighted by atomic mass is 10.2. The third-order valence-electron chi connectivity index (χ3n) is 1.76. The predicted molar refractivity (Wildman–Crippen MR) is 52.9 cm³/mol. The molecule has 1 fully saturated rings. The average molecular weight is 220 g/mol. The van der Waals surface area contributed by atoms with E-state index in [2.05, 4.69) is 4.72 Å². The molecule has 1 unspecified atom stereocenters. The highest BCUT2D eigenvalue weighted by molar-refractivity contribution is 7.99. The van der Waals surface area contributed by atoms with Gasteiger partial charge >= 0.3 is 0 Å². The Bertz CT molecular complexity index is 288. The number of thioether (sulfide) groups is 1. The van der Waals surface area contributed by atoms with Crippen LogP contribution in [0, 0.1) is 11.3 Å². The van der Waals surface area contributed by atoms with Crippen molar-refractivity contribution in [3.05, 3.63) is 0 Å². The van der Waals surface area contributed by atoms with Crippen molar-refractivity contribution in [2.75, 3.05) is 17.3 Å². The summed E-state index contributed by atoms with van der Waals surface area (Å²) in [6.07, 6.45) is 1.93. The molecule has 1 aliphatic heterocycles. The van der Waals surface area contributed by atoms with Gasteiger partial charge in [-0.1, -0.05) is 0 Å². The van der Waals surface area contributed by atoms with Crippen LogP contribution >= 0.6 is 11.8 Å². The average Bonchev–Trinajstić information content (AvgIpc) is 2.04. The Hall–Kier alpha value is -0.250. The smallest absolute Gasteiger partial charge is 0.211 e. The van der Waals surface area contributed by atoms with Gasteiger partial charge in [-0.15, -0.1) is 0 Å². The molecular formula is C7H12N2O2S2. The minimum Gasteiger partial charge on any atom is -0.211 e. The fraction of sp³-hybridized carbons (Fsp3) is 0.857. The predicted octanol–water partition coefficient (Wildman–Crippen LogP) is 0.325. The van der Waals surface area contributed by atoms with Crippen molar-refractivity contribution in [1.29, 1.82) is 5.26 Å². The molecule has 1 heterocycles. The van der Waals surface area contributed by atoms with E-state index in [1.165, 1.54) is 0 Å². The molecule has 13 heavy (non-hydrogen) atoms. The van der Waals surface area contributed by atoms with Crippen molar-refractivity contribution in [2.45, 2.75) is 18.9 Å². The van der Waals surface area contributed by atoms with E-state index in [1.54, 1.807) is 17.8 Å². The van der Waals surface area contributed by atoms with E-state index in [-0.39, 0.29) is 6.04 Å². The number of rotatable bonds is 3. The maximum Gasteiger partial charge on any atom is 0.225 e. The summed E-state index contributed by atoms with van der Waals surface area (Å²) in [5.74, 6) is 1.50. The second kappa shape index (κ2) is 4.84. The first-order valence-electron chi connectivity index (χ1n) is 4.09. The van der Waals surface area contributed by atoms with E-state index < -0.39 is 15.8 Å². The lowest BCUT2D eigenvalue weighted by molar-refractivity contribution is 0.546. The van der Waals surface area contributed by atoms with Crippen LogP contribution in [0.1, 0.15) is 12.8 Å². The van der Waals surface area contributed by atoms with Crippen molar-refractivity contribution < 1.29 is 8.42 Å². The van der Waals surface area contributed by atoms with Crippen molar-refractivity contribution in [3.8, 4) is 6.07 Å². The molecule has 1 saturated heterocycles. The van der Waals surface area contributed by atoms with Crippen LogP contribution in [0.3, 0.4) is 0 Å². The molecule has 0 aromatic heterocycles. The fourth-order valence-electron chi connectivity index (χ4n) is 1.21. The molecule has 6 heteroatoms. The van der Waals surface area contributed by atoms with Crippen molar-refractivity contribution >= 4 is 21.8 Å². The van der Waals surface area contributed by atoms with Crippen LogP contribution in [-0.2, 0) is 10.0 Å². The van der Waals surface area contributed by atoms with Gasteiger partial charge in [0.05, 0.1) is 6.07 Å². The molecule has 0 spiro atoms. The molecule has 0 saturated carbocycles. The van der Waals surface area contributed by atoms with Crippen LogP contribution in [0.25, 0.3) is 0 Å². The lowest BCUT2D eigenvalue weighted by Gasteiger charge is -2.21. The van der Waals surface area contributed by atoms with Crippen LogP contribution in [0.15, 0.2) is 0 Å². The Morgan fingerprint density at radius 2 is 2.38 bits per heavy atom. The van der Waals surface area contributed by atoms with E-state index in [0.717, 1.165) is 24.3 Å². The Kier molecular flexibility index (Phi) is 4.03. The highest BCUT2D eigenvalue weighted by atomic mass is 32.2. The molecule has 0 radical (unpaired) electrons. The van der Waals surface area contributed by atoms with Crippen molar-refractivity contribution in [1.82, 2.24) is 4.72 Å². The van der Waals surface area contributed by atoms with Crippen LogP contribution in [-0.4, -0.2) is 31.7 Å². The lowest BCUT2D eigenvalue weighted by Crippen LogP contribution is -2.39.